The lowest BCUT2D eigenvalue weighted by Gasteiger charge is -2.25. The van der Waals surface area contributed by atoms with Crippen LogP contribution in [0.15, 0.2) is 69.6 Å². The SMILES string of the molecule is COc1ccc([C@H]2C(C(=O)OC(C)C)=C(C)N=c3s/c(=C/c4cc(C)n(-c5ccc6c(c5)OCO6)c4C)c(=O)n32)cc1. The lowest BCUT2D eigenvalue weighted by molar-refractivity contribution is -0.143. The molecule has 0 fully saturated rings. The Morgan fingerprint density at radius 1 is 1.07 bits per heavy atom. The smallest absolute Gasteiger partial charge is 0.338 e. The van der Waals surface area contributed by atoms with Crippen LogP contribution in [0.4, 0.5) is 0 Å². The summed E-state index contributed by atoms with van der Waals surface area (Å²) in [5.41, 5.74) is 5.23. The Bertz CT molecular complexity index is 1930. The predicted octanol–water partition coefficient (Wildman–Crippen LogP) is 4.33. The number of carbonyl (C=O) groups excluding carboxylic acids is 1. The first-order valence-electron chi connectivity index (χ1n) is 13.6. The van der Waals surface area contributed by atoms with Crippen molar-refractivity contribution in [3.63, 3.8) is 0 Å². The number of ether oxygens (including phenoxy) is 4. The molecule has 4 heterocycles. The lowest BCUT2D eigenvalue weighted by Crippen LogP contribution is -2.40. The molecular formula is C32H31N3O6S. The second kappa shape index (κ2) is 10.7. The number of carbonyl (C=O) groups is 1. The van der Waals surface area contributed by atoms with Crippen molar-refractivity contribution in [2.45, 2.75) is 46.8 Å². The van der Waals surface area contributed by atoms with Crippen LogP contribution in [0, 0.1) is 13.8 Å². The highest BCUT2D eigenvalue weighted by molar-refractivity contribution is 7.07. The fraction of sp³-hybridized carbons (Fsp3) is 0.281. The Labute approximate surface area is 246 Å². The van der Waals surface area contributed by atoms with E-state index < -0.39 is 12.0 Å². The fourth-order valence-corrected chi connectivity index (χ4v) is 6.50. The molecule has 216 valence electrons. The minimum absolute atomic E-state index is 0.211. The van der Waals surface area contributed by atoms with Gasteiger partial charge in [0.15, 0.2) is 16.3 Å². The van der Waals surface area contributed by atoms with Gasteiger partial charge in [-0.15, -0.1) is 0 Å². The Morgan fingerprint density at radius 3 is 2.52 bits per heavy atom. The highest BCUT2D eigenvalue weighted by Gasteiger charge is 2.34. The van der Waals surface area contributed by atoms with Crippen molar-refractivity contribution in [3.8, 4) is 22.9 Å². The number of hydrogen-bond acceptors (Lipinski definition) is 8. The number of benzene rings is 2. The third-order valence-electron chi connectivity index (χ3n) is 7.39. The van der Waals surface area contributed by atoms with Gasteiger partial charge in [-0.1, -0.05) is 23.5 Å². The maximum atomic E-state index is 14.1. The van der Waals surface area contributed by atoms with Crippen LogP contribution in [0.25, 0.3) is 11.8 Å². The number of aryl methyl sites for hydroxylation is 1. The van der Waals surface area contributed by atoms with Crippen LogP contribution in [-0.4, -0.2) is 35.1 Å². The summed E-state index contributed by atoms with van der Waals surface area (Å²) in [4.78, 5) is 32.6. The molecule has 4 aromatic rings. The van der Waals surface area contributed by atoms with Crippen LogP contribution in [-0.2, 0) is 9.53 Å². The topological polar surface area (TPSA) is 93.3 Å². The van der Waals surface area contributed by atoms with E-state index in [1.807, 2.05) is 62.4 Å². The first-order valence-corrected chi connectivity index (χ1v) is 14.4. The van der Waals surface area contributed by atoms with Gasteiger partial charge in [0.2, 0.25) is 6.79 Å². The van der Waals surface area contributed by atoms with Crippen molar-refractivity contribution in [1.29, 1.82) is 0 Å². The fourth-order valence-electron chi connectivity index (χ4n) is 5.46. The number of esters is 1. The summed E-state index contributed by atoms with van der Waals surface area (Å²) in [5, 5.41) is 0. The maximum absolute atomic E-state index is 14.1. The number of methoxy groups -OCH3 is 1. The van der Waals surface area contributed by atoms with Crippen molar-refractivity contribution in [2.75, 3.05) is 13.9 Å². The van der Waals surface area contributed by atoms with Crippen molar-refractivity contribution < 1.29 is 23.7 Å². The van der Waals surface area contributed by atoms with Gasteiger partial charge < -0.3 is 23.5 Å². The number of rotatable bonds is 6. The molecule has 0 radical (unpaired) electrons. The Morgan fingerprint density at radius 2 is 1.81 bits per heavy atom. The van der Waals surface area contributed by atoms with Gasteiger partial charge in [-0.3, -0.25) is 9.36 Å². The van der Waals surface area contributed by atoms with E-state index in [0.717, 1.165) is 34.0 Å². The summed E-state index contributed by atoms with van der Waals surface area (Å²) in [7, 11) is 1.59. The van der Waals surface area contributed by atoms with E-state index in [-0.39, 0.29) is 18.5 Å². The number of nitrogens with zero attached hydrogens (tertiary/aromatic N) is 3. The molecule has 6 rings (SSSR count). The quantitative estimate of drug-likeness (QED) is 0.313. The molecule has 0 saturated carbocycles. The normalized spacial score (nSPS) is 16.1. The van der Waals surface area contributed by atoms with Gasteiger partial charge in [-0.2, -0.15) is 0 Å². The van der Waals surface area contributed by atoms with E-state index in [4.69, 9.17) is 23.9 Å². The summed E-state index contributed by atoms with van der Waals surface area (Å²) < 4.78 is 26.2. The molecule has 0 amide bonds. The molecule has 2 aromatic carbocycles. The Balaban J connectivity index is 1.48. The maximum Gasteiger partial charge on any atom is 0.338 e. The van der Waals surface area contributed by atoms with Gasteiger partial charge in [-0.25, -0.2) is 9.79 Å². The summed E-state index contributed by atoms with van der Waals surface area (Å²) in [6.07, 6.45) is 1.57. The number of thiazole rings is 1. The number of hydrogen-bond donors (Lipinski definition) is 0. The van der Waals surface area contributed by atoms with Crippen LogP contribution in [0.5, 0.6) is 17.2 Å². The zero-order valence-electron chi connectivity index (χ0n) is 24.3. The van der Waals surface area contributed by atoms with Crippen LogP contribution in [0.1, 0.15) is 49.3 Å². The predicted molar refractivity (Wildman–Crippen MR) is 159 cm³/mol. The third kappa shape index (κ3) is 4.71. The van der Waals surface area contributed by atoms with Crippen molar-refractivity contribution in [3.05, 3.63) is 102 Å². The zero-order valence-corrected chi connectivity index (χ0v) is 25.1. The third-order valence-corrected chi connectivity index (χ3v) is 8.37. The summed E-state index contributed by atoms with van der Waals surface area (Å²) in [5.74, 6) is 1.61. The molecule has 2 aliphatic heterocycles. The minimum atomic E-state index is -0.693. The molecule has 9 nitrogen and oxygen atoms in total. The summed E-state index contributed by atoms with van der Waals surface area (Å²) in [6.45, 7) is 9.63. The van der Waals surface area contributed by atoms with Crippen molar-refractivity contribution >= 4 is 23.4 Å². The van der Waals surface area contributed by atoms with E-state index in [0.29, 0.717) is 32.1 Å². The number of allylic oxidation sites excluding steroid dienone is 1. The highest BCUT2D eigenvalue weighted by Crippen LogP contribution is 2.35. The number of fused-ring (bicyclic) bond motifs is 2. The van der Waals surface area contributed by atoms with Gasteiger partial charge in [0.25, 0.3) is 5.56 Å². The van der Waals surface area contributed by atoms with Crippen LogP contribution in [0.3, 0.4) is 0 Å². The standard InChI is InChI=1S/C32H31N3O6S/c1-17(2)41-31(37)28-19(4)33-32-35(29(28)21-7-10-24(38-6)11-8-21)30(36)27(42-32)14-22-13-18(3)34(20(22)5)23-9-12-25-26(15-23)40-16-39-25/h7-15,17,29H,16H2,1-6H3/b27-14+/t29-/m0/s1. The minimum Gasteiger partial charge on any atom is -0.497 e. The van der Waals surface area contributed by atoms with Crippen molar-refractivity contribution in [2.24, 2.45) is 4.99 Å². The highest BCUT2D eigenvalue weighted by atomic mass is 32.1. The van der Waals surface area contributed by atoms with Crippen LogP contribution < -0.4 is 29.1 Å². The molecule has 0 unspecified atom stereocenters. The molecule has 10 heteroatoms. The average molecular weight is 586 g/mol. The van der Waals surface area contributed by atoms with E-state index in [1.54, 1.807) is 32.4 Å². The van der Waals surface area contributed by atoms with E-state index >= 15 is 0 Å². The monoisotopic (exact) mass is 585 g/mol. The van der Waals surface area contributed by atoms with Gasteiger partial charge in [0, 0.05) is 23.1 Å². The summed E-state index contributed by atoms with van der Waals surface area (Å²) >= 11 is 1.30. The largest absolute Gasteiger partial charge is 0.497 e. The van der Waals surface area contributed by atoms with Crippen molar-refractivity contribution in [1.82, 2.24) is 9.13 Å². The van der Waals surface area contributed by atoms with Gasteiger partial charge in [-0.05, 0) is 82.2 Å². The molecule has 42 heavy (non-hydrogen) atoms. The van der Waals surface area contributed by atoms with E-state index in [1.165, 1.54) is 11.3 Å². The first-order chi connectivity index (χ1) is 20.2. The lowest BCUT2D eigenvalue weighted by atomic mass is 9.96. The summed E-state index contributed by atoms with van der Waals surface area (Å²) in [6, 6.07) is 14.6. The molecule has 0 spiro atoms. The molecule has 0 bridgehead atoms. The van der Waals surface area contributed by atoms with Gasteiger partial charge >= 0.3 is 5.97 Å². The molecule has 2 aromatic heterocycles. The second-order valence-corrected chi connectivity index (χ2v) is 11.5. The molecule has 0 saturated heterocycles. The molecule has 0 N–H and O–H groups in total. The first kappa shape index (κ1) is 27.6. The Hall–Kier alpha value is -4.57. The molecule has 2 aliphatic rings. The van der Waals surface area contributed by atoms with Crippen LogP contribution >= 0.6 is 11.3 Å². The van der Waals surface area contributed by atoms with Gasteiger partial charge in [0.05, 0.1) is 35.1 Å². The molecule has 1 atom stereocenters. The van der Waals surface area contributed by atoms with E-state index in [2.05, 4.69) is 10.6 Å². The van der Waals surface area contributed by atoms with Gasteiger partial charge in [0.1, 0.15) is 5.75 Å². The van der Waals surface area contributed by atoms with Crippen LogP contribution in [0.2, 0.25) is 0 Å². The molecular weight excluding hydrogens is 554 g/mol. The van der Waals surface area contributed by atoms with E-state index in [9.17, 15) is 9.59 Å². The zero-order chi connectivity index (χ0) is 29.7. The number of aromatic nitrogens is 2. The molecule has 0 aliphatic carbocycles. The second-order valence-electron chi connectivity index (χ2n) is 10.5. The Kier molecular flexibility index (Phi) is 7.02. The average Bonchev–Trinajstić information content (AvgIpc) is 3.62.